The van der Waals surface area contributed by atoms with Crippen molar-refractivity contribution in [2.45, 2.75) is 38.0 Å². The van der Waals surface area contributed by atoms with Gasteiger partial charge < -0.3 is 26.4 Å². The van der Waals surface area contributed by atoms with Crippen LogP contribution in [0.25, 0.3) is 0 Å². The summed E-state index contributed by atoms with van der Waals surface area (Å²) in [6.07, 6.45) is -5.21. The molecule has 6 N–H and O–H groups in total. The molecule has 0 spiro atoms. The first kappa shape index (κ1) is 21.9. The second-order valence-electron chi connectivity index (χ2n) is 3.91. The number of nitrogens with one attached hydrogen (secondary N) is 1. The average molecular weight is 332 g/mol. The molecule has 0 radical (unpaired) electrons. The Labute approximate surface area is 121 Å². The van der Waals surface area contributed by atoms with E-state index in [2.05, 4.69) is 5.32 Å². The van der Waals surface area contributed by atoms with Gasteiger partial charge in [0.25, 0.3) is 0 Å². The molecule has 0 saturated heterocycles. The highest BCUT2D eigenvalue weighted by atomic mass is 19.4. The maximum absolute atomic E-state index is 11.1. The van der Waals surface area contributed by atoms with Crippen molar-refractivity contribution in [3.8, 4) is 0 Å². The maximum Gasteiger partial charge on any atom is 0.490 e. The molecule has 0 unspecified atom stereocenters. The molecule has 0 aromatic rings. The highest BCUT2D eigenvalue weighted by Crippen LogP contribution is 2.13. The van der Waals surface area contributed by atoms with Crippen molar-refractivity contribution < 1.29 is 47.7 Å². The Balaban J connectivity index is 0. The van der Waals surface area contributed by atoms with Gasteiger partial charge in [-0.05, 0) is 13.3 Å². The summed E-state index contributed by atoms with van der Waals surface area (Å²) < 4.78 is 31.7. The Morgan fingerprint density at radius 2 is 1.50 bits per heavy atom. The van der Waals surface area contributed by atoms with Crippen molar-refractivity contribution in [1.82, 2.24) is 5.32 Å². The third kappa shape index (κ3) is 11.5. The van der Waals surface area contributed by atoms with Crippen molar-refractivity contribution >= 4 is 23.8 Å². The van der Waals surface area contributed by atoms with E-state index in [1.54, 1.807) is 0 Å². The zero-order valence-corrected chi connectivity index (χ0v) is 11.3. The van der Waals surface area contributed by atoms with Crippen molar-refractivity contribution in [2.24, 2.45) is 5.73 Å². The molecule has 0 rings (SSSR count). The average Bonchev–Trinajstić information content (AvgIpc) is 2.34. The summed E-state index contributed by atoms with van der Waals surface area (Å²) in [5, 5.41) is 26.2. The molecule has 0 aliphatic heterocycles. The van der Waals surface area contributed by atoms with Gasteiger partial charge in [-0.15, -0.1) is 0 Å². The van der Waals surface area contributed by atoms with Crippen molar-refractivity contribution in [3.63, 3.8) is 0 Å². The first-order valence-electron chi connectivity index (χ1n) is 5.59. The molecule has 0 aliphatic rings. The van der Waals surface area contributed by atoms with Gasteiger partial charge >= 0.3 is 24.1 Å². The van der Waals surface area contributed by atoms with E-state index in [0.29, 0.717) is 0 Å². The number of carbonyl (C=O) groups is 4. The number of hydrogen-bond donors (Lipinski definition) is 5. The normalized spacial score (nSPS) is 13.1. The minimum Gasteiger partial charge on any atom is -0.480 e. The molecule has 9 nitrogen and oxygen atoms in total. The lowest BCUT2D eigenvalue weighted by atomic mass is 10.1. The summed E-state index contributed by atoms with van der Waals surface area (Å²) in [5.41, 5.74) is 5.16. The SMILES string of the molecule is C[C@H](NC(=O)CC[C@H](N)C(=O)O)C(=O)O.O=C(O)C(F)(F)F. The van der Waals surface area contributed by atoms with Crippen LogP contribution in [-0.2, 0) is 19.2 Å². The summed E-state index contributed by atoms with van der Waals surface area (Å²) >= 11 is 0. The highest BCUT2D eigenvalue weighted by molar-refractivity contribution is 5.83. The second kappa shape index (κ2) is 9.55. The van der Waals surface area contributed by atoms with E-state index in [-0.39, 0.29) is 12.8 Å². The molecule has 128 valence electrons. The quantitative estimate of drug-likeness (QED) is 0.430. The van der Waals surface area contributed by atoms with E-state index < -0.39 is 42.1 Å². The Morgan fingerprint density at radius 1 is 1.09 bits per heavy atom. The number of hydrogen-bond acceptors (Lipinski definition) is 5. The number of carbonyl (C=O) groups excluding carboxylic acids is 1. The minimum atomic E-state index is -5.08. The Hall–Kier alpha value is -2.37. The molecule has 0 saturated carbocycles. The molecule has 22 heavy (non-hydrogen) atoms. The number of amides is 1. The van der Waals surface area contributed by atoms with Crippen LogP contribution in [0.15, 0.2) is 0 Å². The molecule has 0 aliphatic carbocycles. The van der Waals surface area contributed by atoms with E-state index in [4.69, 9.17) is 25.8 Å². The maximum atomic E-state index is 11.1. The zero-order valence-electron chi connectivity index (χ0n) is 11.3. The number of nitrogens with two attached hydrogens (primary N) is 1. The van der Waals surface area contributed by atoms with Crippen LogP contribution in [0, 0.1) is 0 Å². The molecule has 2 atom stereocenters. The van der Waals surface area contributed by atoms with Crippen LogP contribution in [0.4, 0.5) is 13.2 Å². The zero-order chi connectivity index (χ0) is 18.1. The Kier molecular flexibility index (Phi) is 9.51. The van der Waals surface area contributed by atoms with Crippen LogP contribution in [0.1, 0.15) is 19.8 Å². The topological polar surface area (TPSA) is 167 Å². The van der Waals surface area contributed by atoms with E-state index in [1.165, 1.54) is 6.92 Å². The smallest absolute Gasteiger partial charge is 0.480 e. The van der Waals surface area contributed by atoms with Gasteiger partial charge in [0.05, 0.1) is 0 Å². The summed E-state index contributed by atoms with van der Waals surface area (Å²) in [5.74, 6) is -5.62. The fourth-order valence-corrected chi connectivity index (χ4v) is 0.785. The lowest BCUT2D eigenvalue weighted by Crippen LogP contribution is -2.39. The van der Waals surface area contributed by atoms with Crippen molar-refractivity contribution in [2.75, 3.05) is 0 Å². The third-order valence-electron chi connectivity index (χ3n) is 1.99. The van der Waals surface area contributed by atoms with Crippen LogP contribution >= 0.6 is 0 Å². The Morgan fingerprint density at radius 3 is 1.77 bits per heavy atom. The molecule has 0 aromatic carbocycles. The van der Waals surface area contributed by atoms with Gasteiger partial charge in [0, 0.05) is 6.42 Å². The first-order chi connectivity index (χ1) is 9.78. The molecule has 0 aromatic heterocycles. The second-order valence-corrected chi connectivity index (χ2v) is 3.91. The fraction of sp³-hybridized carbons (Fsp3) is 0.600. The molecule has 0 heterocycles. The van der Waals surface area contributed by atoms with Crippen LogP contribution in [0.3, 0.4) is 0 Å². The van der Waals surface area contributed by atoms with Gasteiger partial charge in [-0.3, -0.25) is 14.4 Å². The van der Waals surface area contributed by atoms with Crippen molar-refractivity contribution in [1.29, 1.82) is 0 Å². The lowest BCUT2D eigenvalue weighted by Gasteiger charge is -2.10. The number of rotatable bonds is 6. The number of aliphatic carboxylic acids is 3. The largest absolute Gasteiger partial charge is 0.490 e. The summed E-state index contributed by atoms with van der Waals surface area (Å²) in [4.78, 5) is 40.6. The van der Waals surface area contributed by atoms with Gasteiger partial charge in [-0.25, -0.2) is 4.79 Å². The van der Waals surface area contributed by atoms with Gasteiger partial charge in [0.15, 0.2) is 0 Å². The van der Waals surface area contributed by atoms with Gasteiger partial charge in [-0.1, -0.05) is 0 Å². The van der Waals surface area contributed by atoms with Gasteiger partial charge in [-0.2, -0.15) is 13.2 Å². The molecule has 12 heteroatoms. The summed E-state index contributed by atoms with van der Waals surface area (Å²) in [7, 11) is 0. The first-order valence-corrected chi connectivity index (χ1v) is 5.59. The predicted octanol–water partition coefficient (Wildman–Crippen LogP) is -0.599. The summed E-state index contributed by atoms with van der Waals surface area (Å²) in [6, 6.07) is -2.09. The standard InChI is InChI=1S/C8H14N2O5.C2HF3O2/c1-4(7(12)13)10-6(11)3-2-5(9)8(14)15;3-2(4,5)1(6)7/h4-5H,2-3,9H2,1H3,(H,10,11)(H,12,13)(H,14,15);(H,6,7)/t4-,5-;/m0./s1. The molecular weight excluding hydrogens is 317 g/mol. The minimum absolute atomic E-state index is 0.0203. The fourth-order valence-electron chi connectivity index (χ4n) is 0.785. The predicted molar refractivity (Wildman–Crippen MR) is 63.8 cm³/mol. The van der Waals surface area contributed by atoms with Crippen molar-refractivity contribution in [3.05, 3.63) is 0 Å². The number of halogens is 3. The lowest BCUT2D eigenvalue weighted by molar-refractivity contribution is -0.192. The van der Waals surface area contributed by atoms with Crippen LogP contribution in [-0.4, -0.2) is 57.4 Å². The molecule has 0 fully saturated rings. The number of alkyl halides is 3. The molecule has 1 amide bonds. The summed E-state index contributed by atoms with van der Waals surface area (Å²) in [6.45, 7) is 1.32. The molecule has 0 bridgehead atoms. The van der Waals surface area contributed by atoms with Crippen LogP contribution in [0.5, 0.6) is 0 Å². The van der Waals surface area contributed by atoms with E-state index in [0.717, 1.165) is 0 Å². The monoisotopic (exact) mass is 332 g/mol. The number of carboxylic acids is 3. The van der Waals surface area contributed by atoms with E-state index >= 15 is 0 Å². The van der Waals surface area contributed by atoms with Gasteiger partial charge in [0.2, 0.25) is 5.91 Å². The van der Waals surface area contributed by atoms with Gasteiger partial charge in [0.1, 0.15) is 12.1 Å². The van der Waals surface area contributed by atoms with E-state index in [1.807, 2.05) is 0 Å². The van der Waals surface area contributed by atoms with Crippen LogP contribution in [0.2, 0.25) is 0 Å². The third-order valence-corrected chi connectivity index (χ3v) is 1.99. The Bertz CT molecular complexity index is 425. The highest BCUT2D eigenvalue weighted by Gasteiger charge is 2.38. The molecular formula is C10H15F3N2O7. The number of carboxylic acid groups (broad SMARTS) is 3. The van der Waals surface area contributed by atoms with E-state index in [9.17, 15) is 27.6 Å². The van der Waals surface area contributed by atoms with Crippen LogP contribution < -0.4 is 11.1 Å².